The molecule has 1 unspecified atom stereocenters. The molecule has 162 valence electrons. The van der Waals surface area contributed by atoms with Gasteiger partial charge in [0.05, 0.1) is 17.7 Å². The summed E-state index contributed by atoms with van der Waals surface area (Å²) in [4.78, 5) is 10.3. The Morgan fingerprint density at radius 3 is 2.41 bits per heavy atom. The molecule has 0 aliphatic carbocycles. The minimum absolute atomic E-state index is 0.103. The van der Waals surface area contributed by atoms with Gasteiger partial charge in [0.2, 0.25) is 0 Å². The van der Waals surface area contributed by atoms with Crippen LogP contribution in [0, 0.1) is 17.2 Å². The number of aliphatic hydroxyl groups excluding tert-OH is 1. The van der Waals surface area contributed by atoms with Crippen LogP contribution in [0.15, 0.2) is 47.6 Å². The van der Waals surface area contributed by atoms with Crippen LogP contribution in [-0.4, -0.2) is 62.8 Å². The number of piperidine rings is 2. The number of alkyl halides is 1. The lowest BCUT2D eigenvalue weighted by atomic mass is 9.93. The molecular formula is C23H36FN3O2. The van der Waals surface area contributed by atoms with Gasteiger partial charge < -0.3 is 20.1 Å². The van der Waals surface area contributed by atoms with Gasteiger partial charge in [0.1, 0.15) is 13.5 Å². The molecule has 5 nitrogen and oxygen atoms in total. The highest BCUT2D eigenvalue weighted by Gasteiger charge is 2.20. The van der Waals surface area contributed by atoms with Gasteiger partial charge in [0.15, 0.2) is 0 Å². The number of aliphatic hydroxyl groups is 1. The Hall–Kier alpha value is -2.07. The van der Waals surface area contributed by atoms with Gasteiger partial charge in [0, 0.05) is 0 Å². The second-order valence-corrected chi connectivity index (χ2v) is 7.14. The normalized spacial score (nSPS) is 19.3. The van der Waals surface area contributed by atoms with E-state index in [1.54, 1.807) is 18.2 Å². The van der Waals surface area contributed by atoms with E-state index in [2.05, 4.69) is 29.9 Å². The Bertz CT molecular complexity index is 590. The van der Waals surface area contributed by atoms with Gasteiger partial charge in [-0.25, -0.2) is 4.39 Å². The van der Waals surface area contributed by atoms with E-state index < -0.39 is 6.67 Å². The summed E-state index contributed by atoms with van der Waals surface area (Å²) < 4.78 is 12.2. The van der Waals surface area contributed by atoms with Gasteiger partial charge in [-0.2, -0.15) is 5.26 Å². The minimum Gasteiger partial charge on any atom is -0.393 e. The van der Waals surface area contributed by atoms with Gasteiger partial charge in [-0.3, -0.25) is 0 Å². The number of carbonyl (C=O) groups excluding carboxylic acids is 1. The SMILES string of the molecule is C=C/C=C(\C=C/CF)C(C#N)=C1CCNCC1.C=O.CC(O)C1CCN(C)CC1. The Morgan fingerprint density at radius 1 is 1.38 bits per heavy atom. The lowest BCUT2D eigenvalue weighted by molar-refractivity contribution is -0.0979. The van der Waals surface area contributed by atoms with Crippen molar-refractivity contribution in [3.8, 4) is 6.07 Å². The van der Waals surface area contributed by atoms with Crippen LogP contribution in [0.3, 0.4) is 0 Å². The molecule has 29 heavy (non-hydrogen) atoms. The molecule has 0 aromatic rings. The Morgan fingerprint density at radius 2 is 1.97 bits per heavy atom. The maximum absolute atomic E-state index is 12.2. The van der Waals surface area contributed by atoms with E-state index in [0.29, 0.717) is 11.5 Å². The Balaban J connectivity index is 0.000000554. The Kier molecular flexibility index (Phi) is 15.6. The van der Waals surface area contributed by atoms with Crippen molar-refractivity contribution >= 4 is 6.79 Å². The van der Waals surface area contributed by atoms with Gasteiger partial charge in [0.25, 0.3) is 0 Å². The third-order valence-electron chi connectivity index (χ3n) is 5.09. The van der Waals surface area contributed by atoms with E-state index in [4.69, 9.17) is 4.79 Å². The van der Waals surface area contributed by atoms with Crippen LogP contribution in [0.4, 0.5) is 4.39 Å². The molecule has 2 aliphatic heterocycles. The molecular weight excluding hydrogens is 369 g/mol. The number of nitrogens with zero attached hydrogens (tertiary/aromatic N) is 2. The standard InChI is InChI=1S/C14H17FN2.C8H17NO.CH2O/c1-2-4-12(5-3-8-15)14(11-16)13-6-9-17-10-7-13;1-7(10)8-3-5-9(2)6-4-8;1-2/h2-5,17H,1,6-10H2;7-8,10H,3-6H2,1-2H3;1H2/b5-3-,12-4+;;. The molecule has 0 aromatic heterocycles. The zero-order valence-electron chi connectivity index (χ0n) is 17.9. The number of nitriles is 1. The van der Waals surface area contributed by atoms with E-state index >= 15 is 0 Å². The number of allylic oxidation sites excluding steroid dienone is 6. The fourth-order valence-electron chi connectivity index (χ4n) is 3.36. The minimum atomic E-state index is -0.524. The second kappa shape index (κ2) is 16.8. The summed E-state index contributed by atoms with van der Waals surface area (Å²) in [6.45, 7) is 11.1. The third kappa shape index (κ3) is 10.9. The molecule has 0 radical (unpaired) electrons. The van der Waals surface area contributed by atoms with E-state index in [1.165, 1.54) is 6.08 Å². The molecule has 2 rings (SSSR count). The summed E-state index contributed by atoms with van der Waals surface area (Å²) >= 11 is 0. The predicted molar refractivity (Wildman–Crippen MR) is 117 cm³/mol. The first-order chi connectivity index (χ1) is 14.0. The molecule has 2 N–H and O–H groups in total. The zero-order chi connectivity index (χ0) is 22.1. The van der Waals surface area contributed by atoms with Crippen molar-refractivity contribution in [3.05, 3.63) is 47.6 Å². The molecule has 0 bridgehead atoms. The summed E-state index contributed by atoms with van der Waals surface area (Å²) in [6, 6.07) is 2.23. The molecule has 6 heteroatoms. The van der Waals surface area contributed by atoms with E-state index in [0.717, 1.165) is 63.0 Å². The molecule has 0 aromatic carbocycles. The smallest absolute Gasteiger partial charge is 0.108 e. The van der Waals surface area contributed by atoms with Crippen molar-refractivity contribution in [2.75, 3.05) is 39.9 Å². The van der Waals surface area contributed by atoms with Crippen LogP contribution >= 0.6 is 0 Å². The first-order valence-electron chi connectivity index (χ1n) is 10.1. The van der Waals surface area contributed by atoms with Crippen molar-refractivity contribution in [2.45, 2.75) is 38.7 Å². The first kappa shape index (κ1) is 26.9. The zero-order valence-corrected chi connectivity index (χ0v) is 17.9. The van der Waals surface area contributed by atoms with Crippen molar-refractivity contribution < 1.29 is 14.3 Å². The number of hydrogen-bond donors (Lipinski definition) is 2. The van der Waals surface area contributed by atoms with E-state index in [-0.39, 0.29) is 6.10 Å². The highest BCUT2D eigenvalue weighted by molar-refractivity contribution is 5.52. The molecule has 0 saturated carbocycles. The third-order valence-corrected chi connectivity index (χ3v) is 5.09. The average Bonchev–Trinajstić information content (AvgIpc) is 2.75. The van der Waals surface area contributed by atoms with Gasteiger partial charge >= 0.3 is 0 Å². The molecule has 2 saturated heterocycles. The molecule has 0 spiro atoms. The summed E-state index contributed by atoms with van der Waals surface area (Å²) in [5.41, 5.74) is 2.55. The monoisotopic (exact) mass is 405 g/mol. The number of likely N-dealkylation sites (tertiary alicyclic amines) is 1. The number of carbonyl (C=O) groups is 1. The highest BCUT2D eigenvalue weighted by Crippen LogP contribution is 2.22. The number of nitrogens with one attached hydrogen (secondary N) is 1. The van der Waals surface area contributed by atoms with E-state index in [9.17, 15) is 14.8 Å². The molecule has 1 atom stereocenters. The van der Waals surface area contributed by atoms with Crippen LogP contribution in [0.5, 0.6) is 0 Å². The van der Waals surface area contributed by atoms with Crippen LogP contribution in [0.1, 0.15) is 32.6 Å². The number of halogens is 1. The van der Waals surface area contributed by atoms with Crippen molar-refractivity contribution in [1.82, 2.24) is 10.2 Å². The summed E-state index contributed by atoms with van der Waals surface area (Å²) in [5.74, 6) is 0.552. The van der Waals surface area contributed by atoms with Crippen molar-refractivity contribution in [1.29, 1.82) is 5.26 Å². The van der Waals surface area contributed by atoms with Crippen LogP contribution in [0.25, 0.3) is 0 Å². The largest absolute Gasteiger partial charge is 0.393 e. The van der Waals surface area contributed by atoms with Crippen molar-refractivity contribution in [3.63, 3.8) is 0 Å². The topological polar surface area (TPSA) is 76.4 Å². The van der Waals surface area contributed by atoms with Crippen LogP contribution < -0.4 is 5.32 Å². The fraction of sp³-hybridized carbons (Fsp3) is 0.565. The highest BCUT2D eigenvalue weighted by atomic mass is 19.1. The average molecular weight is 406 g/mol. The molecule has 2 heterocycles. The number of hydrogen-bond acceptors (Lipinski definition) is 5. The molecule has 0 amide bonds. The first-order valence-corrected chi connectivity index (χ1v) is 10.1. The number of rotatable bonds is 5. The maximum atomic E-state index is 12.2. The van der Waals surface area contributed by atoms with Crippen molar-refractivity contribution in [2.24, 2.45) is 5.92 Å². The van der Waals surface area contributed by atoms with Crippen LogP contribution in [-0.2, 0) is 4.79 Å². The summed E-state index contributed by atoms with van der Waals surface area (Å²) in [5, 5.41) is 21.7. The lowest BCUT2D eigenvalue weighted by Gasteiger charge is -2.30. The quantitative estimate of drug-likeness (QED) is 0.542. The fourth-order valence-corrected chi connectivity index (χ4v) is 3.36. The summed E-state index contributed by atoms with van der Waals surface area (Å²) in [6.07, 6.45) is 10.4. The molecule has 2 fully saturated rings. The molecule has 2 aliphatic rings. The van der Waals surface area contributed by atoms with Gasteiger partial charge in [-0.1, -0.05) is 30.9 Å². The Labute approximate surface area is 175 Å². The van der Waals surface area contributed by atoms with Gasteiger partial charge in [-0.05, 0) is 82.9 Å². The van der Waals surface area contributed by atoms with Gasteiger partial charge in [-0.15, -0.1) is 0 Å². The predicted octanol–water partition coefficient (Wildman–Crippen LogP) is 3.35. The lowest BCUT2D eigenvalue weighted by Crippen LogP contribution is -2.34. The summed E-state index contributed by atoms with van der Waals surface area (Å²) in [7, 11) is 2.14. The maximum Gasteiger partial charge on any atom is 0.108 e. The second-order valence-electron chi connectivity index (χ2n) is 7.14. The van der Waals surface area contributed by atoms with Crippen LogP contribution in [0.2, 0.25) is 0 Å². The van der Waals surface area contributed by atoms with E-state index in [1.807, 2.05) is 13.7 Å².